The Kier molecular flexibility index (Phi) is 2.25. The van der Waals surface area contributed by atoms with Crippen molar-refractivity contribution in [2.75, 3.05) is 0 Å². The third-order valence-electron chi connectivity index (χ3n) is 1.74. The van der Waals surface area contributed by atoms with Gasteiger partial charge < -0.3 is 4.84 Å². The highest BCUT2D eigenvalue weighted by Crippen LogP contribution is 2.22. The second-order valence-electron chi connectivity index (χ2n) is 2.77. The Morgan fingerprint density at radius 3 is 3.07 bits per heavy atom. The van der Waals surface area contributed by atoms with Gasteiger partial charge in [-0.05, 0) is 12.1 Å². The first-order chi connectivity index (χ1) is 6.68. The third-order valence-corrected chi connectivity index (χ3v) is 2.43. The molecule has 0 saturated carbocycles. The normalized spacial score (nSPS) is 10.4. The molecule has 0 aliphatic heterocycles. The van der Waals surface area contributed by atoms with Crippen molar-refractivity contribution in [1.82, 2.24) is 9.94 Å². The van der Waals surface area contributed by atoms with Gasteiger partial charge in [0.1, 0.15) is 5.52 Å². The molecule has 72 valence electrons. The molecule has 1 aromatic heterocycles. The Morgan fingerprint density at radius 2 is 2.36 bits per heavy atom. The van der Waals surface area contributed by atoms with Gasteiger partial charge in [0.25, 0.3) is 0 Å². The minimum absolute atomic E-state index is 0.394. The van der Waals surface area contributed by atoms with E-state index in [4.69, 9.17) is 4.84 Å². The largest absolute Gasteiger partial charge is 0.331 e. The van der Waals surface area contributed by atoms with Gasteiger partial charge in [-0.3, -0.25) is 0 Å². The summed E-state index contributed by atoms with van der Waals surface area (Å²) in [7, 11) is 0. The Balaban J connectivity index is 2.58. The van der Waals surface area contributed by atoms with Crippen LogP contribution in [0.15, 0.2) is 28.9 Å². The Bertz CT molecular complexity index is 493. The summed E-state index contributed by atoms with van der Waals surface area (Å²) in [5.41, 5.74) is 0.759. The number of halogens is 1. The first-order valence-electron chi connectivity index (χ1n) is 3.99. The minimum atomic E-state index is -0.394. The van der Waals surface area contributed by atoms with Gasteiger partial charge in [0.2, 0.25) is 0 Å². The van der Waals surface area contributed by atoms with Crippen molar-refractivity contribution >= 4 is 32.8 Å². The average Bonchev–Trinajstić information content (AvgIpc) is 2.49. The van der Waals surface area contributed by atoms with E-state index in [2.05, 4.69) is 21.0 Å². The van der Waals surface area contributed by atoms with Crippen LogP contribution in [-0.2, 0) is 4.79 Å². The number of fused-ring (bicyclic) bond motifs is 1. The van der Waals surface area contributed by atoms with E-state index in [1.54, 1.807) is 6.20 Å². The third kappa shape index (κ3) is 1.50. The Hall–Kier alpha value is -1.36. The van der Waals surface area contributed by atoms with Gasteiger partial charge in [0.15, 0.2) is 0 Å². The highest BCUT2D eigenvalue weighted by Gasteiger charge is 2.06. The molecule has 2 aromatic rings. The van der Waals surface area contributed by atoms with Gasteiger partial charge in [-0.25, -0.2) is 4.79 Å². The lowest BCUT2D eigenvalue weighted by Gasteiger charge is -2.00. The van der Waals surface area contributed by atoms with Crippen LogP contribution in [0, 0.1) is 0 Å². The molecule has 1 aromatic carbocycles. The molecule has 0 aliphatic carbocycles. The molecule has 0 amide bonds. The van der Waals surface area contributed by atoms with Crippen LogP contribution in [0.2, 0.25) is 0 Å². The van der Waals surface area contributed by atoms with Crippen LogP contribution in [0.4, 0.5) is 0 Å². The summed E-state index contributed by atoms with van der Waals surface area (Å²) >= 11 is 3.38. The molecule has 0 spiro atoms. The fraction of sp³-hybridized carbons (Fsp3) is 0.111. The molecule has 4 nitrogen and oxygen atoms in total. The van der Waals surface area contributed by atoms with E-state index in [0.29, 0.717) is 0 Å². The zero-order valence-corrected chi connectivity index (χ0v) is 8.98. The van der Waals surface area contributed by atoms with Crippen molar-refractivity contribution in [2.45, 2.75) is 6.92 Å². The number of carbonyl (C=O) groups excluding carboxylic acids is 1. The highest BCUT2D eigenvalue weighted by molar-refractivity contribution is 9.10. The predicted octanol–water partition coefficient (Wildman–Crippen LogP) is 1.77. The quantitative estimate of drug-likeness (QED) is 0.780. The molecule has 0 unspecified atom stereocenters. The summed E-state index contributed by atoms with van der Waals surface area (Å²) < 4.78 is 0.924. The molecule has 0 radical (unpaired) electrons. The maximum Gasteiger partial charge on any atom is 0.331 e. The van der Waals surface area contributed by atoms with Crippen LogP contribution >= 0.6 is 15.9 Å². The van der Waals surface area contributed by atoms with E-state index >= 15 is 0 Å². The predicted molar refractivity (Wildman–Crippen MR) is 54.7 cm³/mol. The van der Waals surface area contributed by atoms with Gasteiger partial charge in [-0.2, -0.15) is 0 Å². The van der Waals surface area contributed by atoms with Crippen molar-refractivity contribution < 1.29 is 9.63 Å². The summed E-state index contributed by atoms with van der Waals surface area (Å²) in [6.07, 6.45) is 1.64. The standard InChI is InChI=1S/C9H7BrN2O2/c1-6(13)14-12-9-4-2-3-8(10)7(9)5-11-12/h2-5H,1H3. The second kappa shape index (κ2) is 3.42. The molecule has 0 bridgehead atoms. The minimum Gasteiger partial charge on any atom is -0.319 e. The van der Waals surface area contributed by atoms with Crippen molar-refractivity contribution in [3.63, 3.8) is 0 Å². The highest BCUT2D eigenvalue weighted by atomic mass is 79.9. The summed E-state index contributed by atoms with van der Waals surface area (Å²) in [5, 5.41) is 4.85. The summed E-state index contributed by atoms with van der Waals surface area (Å²) in [4.78, 5) is 16.8. The van der Waals surface area contributed by atoms with E-state index < -0.39 is 5.97 Å². The summed E-state index contributed by atoms with van der Waals surface area (Å²) in [6, 6.07) is 5.59. The number of aromatic nitrogens is 2. The monoisotopic (exact) mass is 254 g/mol. The van der Waals surface area contributed by atoms with Gasteiger partial charge in [0.05, 0.1) is 6.20 Å². The summed E-state index contributed by atoms with van der Waals surface area (Å²) in [5.74, 6) is -0.394. The molecule has 14 heavy (non-hydrogen) atoms. The average molecular weight is 255 g/mol. The van der Waals surface area contributed by atoms with Crippen LogP contribution in [0.25, 0.3) is 10.9 Å². The van der Waals surface area contributed by atoms with Crippen LogP contribution in [0.1, 0.15) is 6.92 Å². The Morgan fingerprint density at radius 1 is 1.57 bits per heavy atom. The molecule has 0 fully saturated rings. The number of hydrogen-bond acceptors (Lipinski definition) is 3. The smallest absolute Gasteiger partial charge is 0.319 e. The number of carbonyl (C=O) groups is 1. The van der Waals surface area contributed by atoms with Crippen LogP contribution in [0.3, 0.4) is 0 Å². The number of rotatable bonds is 1. The zero-order valence-electron chi connectivity index (χ0n) is 7.40. The maximum absolute atomic E-state index is 10.7. The zero-order chi connectivity index (χ0) is 10.1. The van der Waals surface area contributed by atoms with Gasteiger partial charge >= 0.3 is 5.97 Å². The molecule has 2 rings (SSSR count). The lowest BCUT2D eigenvalue weighted by Crippen LogP contribution is -2.17. The van der Waals surface area contributed by atoms with Gasteiger partial charge in [-0.15, -0.1) is 5.10 Å². The number of benzene rings is 1. The van der Waals surface area contributed by atoms with Crippen molar-refractivity contribution in [3.05, 3.63) is 28.9 Å². The molecule has 0 N–H and O–H groups in total. The molecule has 0 saturated heterocycles. The molecular weight excluding hydrogens is 248 g/mol. The summed E-state index contributed by atoms with van der Waals surface area (Å²) in [6.45, 7) is 1.34. The molecule has 0 atom stereocenters. The van der Waals surface area contributed by atoms with Crippen LogP contribution in [-0.4, -0.2) is 15.9 Å². The lowest BCUT2D eigenvalue weighted by atomic mass is 10.3. The SMILES string of the molecule is CC(=O)On1ncc2c(Br)cccc21. The molecule has 5 heteroatoms. The van der Waals surface area contributed by atoms with Crippen LogP contribution < -0.4 is 4.84 Å². The lowest BCUT2D eigenvalue weighted by molar-refractivity contribution is -0.142. The van der Waals surface area contributed by atoms with Crippen molar-refractivity contribution in [1.29, 1.82) is 0 Å². The van der Waals surface area contributed by atoms with Crippen LogP contribution in [0.5, 0.6) is 0 Å². The topological polar surface area (TPSA) is 44.1 Å². The van der Waals surface area contributed by atoms with Crippen molar-refractivity contribution in [3.8, 4) is 0 Å². The number of hydrogen-bond donors (Lipinski definition) is 0. The molecule has 1 heterocycles. The van der Waals surface area contributed by atoms with Gasteiger partial charge in [0, 0.05) is 16.8 Å². The van der Waals surface area contributed by atoms with Crippen molar-refractivity contribution in [2.24, 2.45) is 0 Å². The maximum atomic E-state index is 10.7. The van der Waals surface area contributed by atoms with E-state index in [0.717, 1.165) is 15.4 Å². The molecule has 0 aliphatic rings. The second-order valence-corrected chi connectivity index (χ2v) is 3.63. The van der Waals surface area contributed by atoms with Gasteiger partial charge in [-0.1, -0.05) is 26.8 Å². The van der Waals surface area contributed by atoms with E-state index in [1.165, 1.54) is 11.8 Å². The molecular formula is C9H7BrN2O2. The van der Waals surface area contributed by atoms with E-state index in [1.807, 2.05) is 18.2 Å². The fourth-order valence-corrected chi connectivity index (χ4v) is 1.65. The van der Waals surface area contributed by atoms with E-state index in [-0.39, 0.29) is 0 Å². The van der Waals surface area contributed by atoms with E-state index in [9.17, 15) is 4.79 Å². The first kappa shape index (κ1) is 9.21. The fourth-order valence-electron chi connectivity index (χ4n) is 1.19. The number of nitrogens with zero attached hydrogens (tertiary/aromatic N) is 2. The first-order valence-corrected chi connectivity index (χ1v) is 4.79. The Labute approximate surface area is 88.5 Å².